The van der Waals surface area contributed by atoms with Crippen LogP contribution in [0, 0.1) is 5.92 Å². The second-order valence-corrected chi connectivity index (χ2v) is 9.13. The van der Waals surface area contributed by atoms with Gasteiger partial charge in [-0.25, -0.2) is 4.90 Å². The van der Waals surface area contributed by atoms with Gasteiger partial charge >= 0.3 is 0 Å². The molecule has 7 nitrogen and oxygen atoms in total. The van der Waals surface area contributed by atoms with Crippen LogP contribution in [0.2, 0.25) is 0 Å². The fourth-order valence-corrected chi connectivity index (χ4v) is 5.53. The minimum atomic E-state index is -0.311. The van der Waals surface area contributed by atoms with Crippen LogP contribution < -0.4 is 15.4 Å². The van der Waals surface area contributed by atoms with Gasteiger partial charge in [-0.2, -0.15) is 0 Å². The summed E-state index contributed by atoms with van der Waals surface area (Å²) < 4.78 is 9.62. The summed E-state index contributed by atoms with van der Waals surface area (Å²) >= 11 is 0. The molecule has 172 valence electrons. The van der Waals surface area contributed by atoms with Gasteiger partial charge in [0.1, 0.15) is 5.75 Å². The highest BCUT2D eigenvalue weighted by Crippen LogP contribution is 2.42. The zero-order chi connectivity index (χ0) is 23.6. The third-order valence-corrected chi connectivity index (χ3v) is 7.26. The summed E-state index contributed by atoms with van der Waals surface area (Å²) in [4.78, 5) is 28.6. The number of carbonyl (C=O) groups excluding carboxylic acids is 2. The van der Waals surface area contributed by atoms with Gasteiger partial charge in [0.15, 0.2) is 0 Å². The maximum atomic E-state index is 13.9. The summed E-state index contributed by atoms with van der Waals surface area (Å²) in [5, 5.41) is 1.80. The second-order valence-electron chi connectivity index (χ2n) is 9.13. The topological polar surface area (TPSA) is 82.5 Å². The molecular weight excluding hydrogens is 428 g/mol. The fourth-order valence-electron chi connectivity index (χ4n) is 5.53. The van der Waals surface area contributed by atoms with Crippen LogP contribution >= 0.6 is 0 Å². The molecule has 34 heavy (non-hydrogen) atoms. The Morgan fingerprint density at radius 3 is 2.71 bits per heavy atom. The predicted molar refractivity (Wildman–Crippen MR) is 133 cm³/mol. The molecule has 0 bridgehead atoms. The van der Waals surface area contributed by atoms with E-state index in [1.165, 1.54) is 11.0 Å². The van der Waals surface area contributed by atoms with Crippen LogP contribution in [0.1, 0.15) is 17.7 Å². The lowest BCUT2D eigenvalue weighted by molar-refractivity contribution is -0.119. The first kappa shape index (κ1) is 20.7. The maximum Gasteiger partial charge on any atom is 0.266 e. The van der Waals surface area contributed by atoms with E-state index in [0.29, 0.717) is 29.5 Å². The number of aryl methyl sites for hydroxylation is 2. The van der Waals surface area contributed by atoms with E-state index >= 15 is 0 Å². The summed E-state index contributed by atoms with van der Waals surface area (Å²) in [5.74, 6) is 0.430. The summed E-state index contributed by atoms with van der Waals surface area (Å²) in [6, 6.07) is 13.8. The summed E-state index contributed by atoms with van der Waals surface area (Å²) in [7, 11) is 3.55. The van der Waals surface area contributed by atoms with Gasteiger partial charge in [-0.1, -0.05) is 18.2 Å². The molecule has 0 radical (unpaired) electrons. The molecule has 0 fully saturated rings. The molecule has 0 aliphatic carbocycles. The number of para-hydroxylation sites is 1. The molecule has 7 heteroatoms. The van der Waals surface area contributed by atoms with E-state index in [0.717, 1.165) is 52.4 Å². The van der Waals surface area contributed by atoms with Crippen molar-refractivity contribution in [2.75, 3.05) is 18.6 Å². The van der Waals surface area contributed by atoms with Gasteiger partial charge in [0, 0.05) is 53.4 Å². The zero-order valence-electron chi connectivity index (χ0n) is 19.2. The lowest BCUT2D eigenvalue weighted by atomic mass is 9.95. The van der Waals surface area contributed by atoms with E-state index in [1.807, 2.05) is 54.2 Å². The average molecular weight is 455 g/mol. The molecule has 1 atom stereocenters. The Bertz CT molecular complexity index is 1520. The van der Waals surface area contributed by atoms with Crippen LogP contribution in [0.5, 0.6) is 5.75 Å². The number of hydrogen-bond donors (Lipinski definition) is 1. The molecular formula is C27H26N4O3. The number of aromatic nitrogens is 2. The minimum absolute atomic E-state index is 0.297. The molecule has 0 saturated carbocycles. The predicted octanol–water partition coefficient (Wildman–Crippen LogP) is 3.62. The molecule has 2 aliphatic rings. The molecule has 2 aromatic carbocycles. The average Bonchev–Trinajstić information content (AvgIpc) is 3.46. The van der Waals surface area contributed by atoms with E-state index in [2.05, 4.69) is 10.6 Å². The van der Waals surface area contributed by atoms with Crippen molar-refractivity contribution in [3.63, 3.8) is 0 Å². The molecule has 2 aromatic heterocycles. The van der Waals surface area contributed by atoms with Crippen LogP contribution in [-0.2, 0) is 29.6 Å². The van der Waals surface area contributed by atoms with Gasteiger partial charge in [0.25, 0.3) is 11.8 Å². The third kappa shape index (κ3) is 2.86. The first-order chi connectivity index (χ1) is 16.5. The number of methoxy groups -OCH3 is 1. The van der Waals surface area contributed by atoms with Crippen LogP contribution in [0.15, 0.2) is 54.7 Å². The lowest BCUT2D eigenvalue weighted by Crippen LogP contribution is -2.33. The number of rotatable bonds is 4. The smallest absolute Gasteiger partial charge is 0.266 e. The molecule has 2 N–H and O–H groups in total. The summed E-state index contributed by atoms with van der Waals surface area (Å²) in [6.45, 7) is 1.42. The van der Waals surface area contributed by atoms with Crippen molar-refractivity contribution < 1.29 is 14.3 Å². The van der Waals surface area contributed by atoms with Crippen molar-refractivity contribution >= 4 is 44.9 Å². The first-order valence-corrected chi connectivity index (χ1v) is 11.6. The second kappa shape index (κ2) is 7.60. The van der Waals surface area contributed by atoms with Crippen LogP contribution in [0.25, 0.3) is 27.4 Å². The highest BCUT2D eigenvalue weighted by molar-refractivity contribution is 6.45. The number of anilines is 1. The van der Waals surface area contributed by atoms with Crippen molar-refractivity contribution in [1.82, 2.24) is 9.13 Å². The highest BCUT2D eigenvalue weighted by atomic mass is 16.5. The molecule has 6 rings (SSSR count). The molecule has 4 aromatic rings. The number of hydrogen-bond acceptors (Lipinski definition) is 4. The van der Waals surface area contributed by atoms with E-state index in [4.69, 9.17) is 10.5 Å². The van der Waals surface area contributed by atoms with E-state index in [1.54, 1.807) is 7.11 Å². The van der Waals surface area contributed by atoms with Crippen molar-refractivity contribution in [2.24, 2.45) is 18.7 Å². The lowest BCUT2D eigenvalue weighted by Gasteiger charge is -2.26. The van der Waals surface area contributed by atoms with Crippen LogP contribution in [0.4, 0.5) is 5.69 Å². The number of imide groups is 1. The molecule has 4 heterocycles. The van der Waals surface area contributed by atoms with Crippen LogP contribution in [0.3, 0.4) is 0 Å². The van der Waals surface area contributed by atoms with Gasteiger partial charge in [0.05, 0.1) is 23.9 Å². The van der Waals surface area contributed by atoms with Crippen molar-refractivity contribution in [1.29, 1.82) is 0 Å². The fraction of sp³-hybridized carbons (Fsp3) is 0.259. The zero-order valence-corrected chi connectivity index (χ0v) is 19.2. The third-order valence-electron chi connectivity index (χ3n) is 7.26. The normalized spacial score (nSPS) is 18.1. The number of nitrogens with two attached hydrogens (primary N) is 1. The van der Waals surface area contributed by atoms with Crippen molar-refractivity contribution in [2.45, 2.75) is 19.4 Å². The number of ether oxygens (including phenoxy) is 1. The molecule has 2 aliphatic heterocycles. The Hall–Kier alpha value is -3.84. The molecule has 0 saturated heterocycles. The van der Waals surface area contributed by atoms with E-state index in [9.17, 15) is 9.59 Å². The number of amides is 2. The molecule has 0 spiro atoms. The minimum Gasteiger partial charge on any atom is -0.497 e. The molecule has 2 amide bonds. The number of benzene rings is 2. The number of nitrogens with zero attached hydrogens (tertiary/aromatic N) is 3. The van der Waals surface area contributed by atoms with Gasteiger partial charge in [0.2, 0.25) is 0 Å². The summed E-state index contributed by atoms with van der Waals surface area (Å²) in [5.41, 5.74) is 10.9. The van der Waals surface area contributed by atoms with Crippen LogP contribution in [-0.4, -0.2) is 34.6 Å². The monoisotopic (exact) mass is 454 g/mol. The van der Waals surface area contributed by atoms with Crippen molar-refractivity contribution in [3.05, 3.63) is 66.0 Å². The Labute approximate surface area is 197 Å². The number of carbonyl (C=O) groups is 2. The molecule has 1 unspecified atom stereocenters. The Morgan fingerprint density at radius 2 is 1.91 bits per heavy atom. The van der Waals surface area contributed by atoms with E-state index in [-0.39, 0.29) is 11.8 Å². The Kier molecular flexibility index (Phi) is 4.64. The number of fused-ring (bicyclic) bond motifs is 4. The quantitative estimate of drug-likeness (QED) is 0.478. The Balaban J connectivity index is 1.50. The highest BCUT2D eigenvalue weighted by Gasteiger charge is 2.39. The summed E-state index contributed by atoms with van der Waals surface area (Å²) in [6.07, 6.45) is 5.12. The van der Waals surface area contributed by atoms with Gasteiger partial charge in [-0.15, -0.1) is 0 Å². The SMILES string of the molecule is COc1ccc2c(c1)c(C1=CC(=O)N(c3c4n(c5ccccc35)CCC(CN)C4)C1=O)cn2C. The maximum absolute atomic E-state index is 13.9. The van der Waals surface area contributed by atoms with Gasteiger partial charge in [-0.05, 0) is 49.6 Å². The van der Waals surface area contributed by atoms with E-state index < -0.39 is 0 Å². The Morgan fingerprint density at radius 1 is 1.09 bits per heavy atom. The van der Waals surface area contributed by atoms with Gasteiger partial charge < -0.3 is 19.6 Å². The van der Waals surface area contributed by atoms with Gasteiger partial charge in [-0.3, -0.25) is 9.59 Å². The standard InChI is InChI=1S/C27H26N4O3/c1-29-15-21(19-12-17(34-2)7-8-22(19)29)20-13-25(32)31(27(20)33)26-18-5-3-4-6-23(18)30-10-9-16(14-28)11-24(26)30/h3-8,12-13,15-16H,9-11,14,28H2,1-2H3. The van der Waals surface area contributed by atoms with Crippen molar-refractivity contribution in [3.8, 4) is 5.75 Å². The largest absolute Gasteiger partial charge is 0.497 e. The first-order valence-electron chi connectivity index (χ1n) is 11.6.